The molecule has 2 unspecified atom stereocenters. The fourth-order valence-corrected chi connectivity index (χ4v) is 2.99. The summed E-state index contributed by atoms with van der Waals surface area (Å²) in [5, 5.41) is 0. The Hall–Kier alpha value is -0.0600. The average molecular weight is 336 g/mol. The van der Waals surface area contributed by atoms with Gasteiger partial charge in [0.15, 0.2) is 0 Å². The number of epoxide rings is 1. The Kier molecular flexibility index (Phi) is 3.38. The van der Waals surface area contributed by atoms with Crippen molar-refractivity contribution in [1.29, 1.82) is 0 Å². The maximum Gasteiger partial charge on any atom is 0.148 e. The van der Waals surface area contributed by atoms with Gasteiger partial charge in [-0.1, -0.05) is 0 Å². The number of benzene rings is 1. The Morgan fingerprint density at radius 1 is 1.40 bits per heavy atom. The van der Waals surface area contributed by atoms with E-state index in [2.05, 4.69) is 31.9 Å². The number of hydrogen-bond donors (Lipinski definition) is 0. The first kappa shape index (κ1) is 11.4. The van der Waals surface area contributed by atoms with Gasteiger partial charge in [-0.15, -0.1) is 0 Å². The zero-order valence-electron chi connectivity index (χ0n) is 8.59. The summed E-state index contributed by atoms with van der Waals surface area (Å²) in [6.45, 7) is 4.88. The quantitative estimate of drug-likeness (QED) is 0.786. The lowest BCUT2D eigenvalue weighted by molar-refractivity contribution is 0.174. The Labute approximate surface area is 106 Å². The van der Waals surface area contributed by atoms with Gasteiger partial charge in [-0.2, -0.15) is 0 Å². The molecule has 1 fully saturated rings. The van der Waals surface area contributed by atoms with E-state index in [1.165, 1.54) is 5.56 Å². The first-order valence-electron chi connectivity index (χ1n) is 4.82. The van der Waals surface area contributed by atoms with Crippen LogP contribution >= 0.6 is 31.9 Å². The summed E-state index contributed by atoms with van der Waals surface area (Å²) in [5.41, 5.74) is 1.19. The molecule has 0 aromatic heterocycles. The van der Waals surface area contributed by atoms with Crippen LogP contribution in [0.4, 0.5) is 0 Å². The highest BCUT2D eigenvalue weighted by Crippen LogP contribution is 2.36. The zero-order chi connectivity index (χ0) is 11.0. The van der Waals surface area contributed by atoms with Gasteiger partial charge in [-0.05, 0) is 63.4 Å². The molecule has 0 bridgehead atoms. The molecule has 0 radical (unpaired) electrons. The summed E-state index contributed by atoms with van der Waals surface area (Å²) < 4.78 is 13.0. The molecule has 0 N–H and O–H groups in total. The molecule has 0 aliphatic carbocycles. The van der Waals surface area contributed by atoms with Crippen molar-refractivity contribution >= 4 is 31.9 Å². The Morgan fingerprint density at radius 3 is 2.40 bits per heavy atom. The van der Waals surface area contributed by atoms with Gasteiger partial charge in [0.2, 0.25) is 0 Å². The molecule has 1 aromatic rings. The highest BCUT2D eigenvalue weighted by atomic mass is 79.9. The largest absolute Gasteiger partial charge is 0.486 e. The summed E-state index contributed by atoms with van der Waals surface area (Å²) in [4.78, 5) is 0. The van der Waals surface area contributed by atoms with E-state index in [4.69, 9.17) is 9.47 Å². The molecule has 1 saturated heterocycles. The molecule has 1 aliphatic rings. The third kappa shape index (κ3) is 2.74. The second-order valence-corrected chi connectivity index (χ2v) is 5.46. The van der Waals surface area contributed by atoms with Gasteiger partial charge in [-0.25, -0.2) is 0 Å². The highest BCUT2D eigenvalue weighted by Gasteiger charge is 2.31. The maximum absolute atomic E-state index is 5.84. The van der Waals surface area contributed by atoms with Gasteiger partial charge in [-0.3, -0.25) is 0 Å². The summed E-state index contributed by atoms with van der Waals surface area (Å²) in [6.07, 6.45) is 0.352. The van der Waals surface area contributed by atoms with E-state index in [1.807, 2.05) is 26.0 Å². The van der Waals surface area contributed by atoms with Crippen molar-refractivity contribution in [3.63, 3.8) is 0 Å². The number of ether oxygens (including phenoxy) is 2. The summed E-state index contributed by atoms with van der Waals surface area (Å²) in [5.74, 6) is 0.851. The molecule has 1 aromatic carbocycles. The first-order valence-corrected chi connectivity index (χ1v) is 6.40. The van der Waals surface area contributed by atoms with E-state index in [0.29, 0.717) is 0 Å². The Balaban J connectivity index is 2.19. The van der Waals surface area contributed by atoms with Crippen LogP contribution in [0.3, 0.4) is 0 Å². The van der Waals surface area contributed by atoms with Crippen molar-refractivity contribution in [2.75, 3.05) is 6.61 Å². The van der Waals surface area contributed by atoms with Crippen LogP contribution in [0.1, 0.15) is 12.5 Å². The van der Waals surface area contributed by atoms with Crippen LogP contribution in [0.5, 0.6) is 5.75 Å². The second kappa shape index (κ2) is 4.44. The van der Waals surface area contributed by atoms with Crippen molar-refractivity contribution < 1.29 is 9.47 Å². The van der Waals surface area contributed by atoms with Crippen LogP contribution in [0, 0.1) is 6.92 Å². The molecule has 82 valence electrons. The first-order chi connectivity index (χ1) is 7.08. The molecule has 2 rings (SSSR count). The minimum absolute atomic E-state index is 0.0975. The predicted molar refractivity (Wildman–Crippen MR) is 66.4 cm³/mol. The third-order valence-corrected chi connectivity index (χ3v) is 3.51. The molecule has 4 heteroatoms. The smallest absolute Gasteiger partial charge is 0.148 e. The van der Waals surface area contributed by atoms with Crippen LogP contribution in [-0.4, -0.2) is 18.8 Å². The summed E-state index contributed by atoms with van der Waals surface area (Å²) >= 11 is 7.00. The minimum Gasteiger partial charge on any atom is -0.486 e. The van der Waals surface area contributed by atoms with Gasteiger partial charge < -0.3 is 9.47 Å². The van der Waals surface area contributed by atoms with Gasteiger partial charge in [0, 0.05) is 0 Å². The molecule has 1 aliphatic heterocycles. The van der Waals surface area contributed by atoms with Crippen LogP contribution in [-0.2, 0) is 4.74 Å². The summed E-state index contributed by atoms with van der Waals surface area (Å²) in [6, 6.07) is 4.08. The molecule has 0 saturated carbocycles. The van der Waals surface area contributed by atoms with E-state index in [9.17, 15) is 0 Å². The normalized spacial score (nSPS) is 21.2. The predicted octanol–water partition coefficient (Wildman–Crippen LogP) is 3.69. The highest BCUT2D eigenvalue weighted by molar-refractivity contribution is 9.11. The monoisotopic (exact) mass is 334 g/mol. The van der Waals surface area contributed by atoms with E-state index < -0.39 is 0 Å². The van der Waals surface area contributed by atoms with E-state index >= 15 is 0 Å². The average Bonchev–Trinajstić information content (AvgIpc) is 2.93. The number of halogens is 2. The zero-order valence-corrected chi connectivity index (χ0v) is 11.8. The Morgan fingerprint density at radius 2 is 1.93 bits per heavy atom. The molecule has 2 nitrogen and oxygen atoms in total. The van der Waals surface area contributed by atoms with Crippen molar-refractivity contribution in [1.82, 2.24) is 0 Å². The standard InChI is InChI=1S/C11H12Br2O2/c1-6-3-8(12)11(9(13)4-6)15-7(2)10-5-14-10/h3-4,7,10H,5H2,1-2H3. The molecule has 0 amide bonds. The third-order valence-electron chi connectivity index (χ3n) is 2.33. The molecule has 15 heavy (non-hydrogen) atoms. The van der Waals surface area contributed by atoms with Gasteiger partial charge >= 0.3 is 0 Å². The Bertz CT molecular complexity index is 352. The SMILES string of the molecule is Cc1cc(Br)c(OC(C)C2CO2)c(Br)c1. The lowest BCUT2D eigenvalue weighted by atomic mass is 10.2. The van der Waals surface area contributed by atoms with Crippen molar-refractivity contribution in [3.8, 4) is 5.75 Å². The van der Waals surface area contributed by atoms with Crippen molar-refractivity contribution in [3.05, 3.63) is 26.6 Å². The van der Waals surface area contributed by atoms with Crippen LogP contribution < -0.4 is 4.74 Å². The molecule has 2 atom stereocenters. The van der Waals surface area contributed by atoms with Crippen molar-refractivity contribution in [2.24, 2.45) is 0 Å². The number of rotatable bonds is 3. The fourth-order valence-electron chi connectivity index (χ4n) is 1.39. The summed E-state index contributed by atoms with van der Waals surface area (Å²) in [7, 11) is 0. The second-order valence-electron chi connectivity index (χ2n) is 3.75. The lowest BCUT2D eigenvalue weighted by Crippen LogP contribution is -2.19. The van der Waals surface area contributed by atoms with E-state index in [0.717, 1.165) is 21.3 Å². The van der Waals surface area contributed by atoms with Gasteiger partial charge in [0.1, 0.15) is 18.0 Å². The van der Waals surface area contributed by atoms with Gasteiger partial charge in [0.25, 0.3) is 0 Å². The van der Waals surface area contributed by atoms with Crippen LogP contribution in [0.15, 0.2) is 21.1 Å². The van der Waals surface area contributed by atoms with Crippen LogP contribution in [0.2, 0.25) is 0 Å². The van der Waals surface area contributed by atoms with E-state index in [1.54, 1.807) is 0 Å². The molecule has 0 spiro atoms. The molecule has 1 heterocycles. The van der Waals surface area contributed by atoms with Crippen LogP contribution in [0.25, 0.3) is 0 Å². The van der Waals surface area contributed by atoms with Crippen molar-refractivity contribution in [2.45, 2.75) is 26.1 Å². The number of hydrogen-bond acceptors (Lipinski definition) is 2. The lowest BCUT2D eigenvalue weighted by Gasteiger charge is -2.15. The topological polar surface area (TPSA) is 21.8 Å². The van der Waals surface area contributed by atoms with Gasteiger partial charge in [0.05, 0.1) is 15.6 Å². The molecular formula is C11H12Br2O2. The van der Waals surface area contributed by atoms with E-state index in [-0.39, 0.29) is 12.2 Å². The number of aryl methyl sites for hydroxylation is 1. The molecular weight excluding hydrogens is 324 g/mol. The fraction of sp³-hybridized carbons (Fsp3) is 0.455. The maximum atomic E-state index is 5.84. The minimum atomic E-state index is 0.0975.